The molecule has 11 nitrogen and oxygen atoms in total. The molecular formula is C29H36F3N7O4S. The smallest absolute Gasteiger partial charge is 0.406 e. The summed E-state index contributed by atoms with van der Waals surface area (Å²) in [6, 6.07) is 10.4. The number of carbonyl (C=O) groups is 1. The lowest BCUT2D eigenvalue weighted by Crippen LogP contribution is -2.47. The number of nitrogens with two attached hydrogens (primary N) is 2. The summed E-state index contributed by atoms with van der Waals surface area (Å²) in [5.74, 6) is 5.94. The van der Waals surface area contributed by atoms with E-state index < -0.39 is 28.8 Å². The second kappa shape index (κ2) is 13.7. The molecule has 1 aliphatic rings. The van der Waals surface area contributed by atoms with Crippen molar-refractivity contribution in [1.29, 1.82) is 0 Å². The Bertz CT molecular complexity index is 1660. The van der Waals surface area contributed by atoms with E-state index in [-0.39, 0.29) is 35.0 Å². The Morgan fingerprint density at radius 3 is 2.52 bits per heavy atom. The summed E-state index contributed by atoms with van der Waals surface area (Å²) >= 11 is 0. The van der Waals surface area contributed by atoms with Crippen LogP contribution >= 0.6 is 0 Å². The molecule has 238 valence electrons. The van der Waals surface area contributed by atoms with Crippen molar-refractivity contribution in [2.24, 2.45) is 10.9 Å². The number of primary amides is 1. The molecule has 1 unspecified atom stereocenters. The number of anilines is 2. The second-order valence-electron chi connectivity index (χ2n) is 10.7. The summed E-state index contributed by atoms with van der Waals surface area (Å²) in [4.78, 5) is 13.2. The minimum atomic E-state index is -4.46. The van der Waals surface area contributed by atoms with Crippen LogP contribution in [-0.2, 0) is 16.6 Å². The zero-order valence-electron chi connectivity index (χ0n) is 24.4. The number of likely N-dealkylation sites (tertiary alicyclic amines) is 1. The SMILES string of the molecule is COc1cc(S(N)(=O)=O)ccc1NCC#Cc1cc2c(NC3CCN(CC(C)NC(N)=O)CC3)cccc2n1CC(F)(F)F. The minimum absolute atomic E-state index is 0.0515. The van der Waals surface area contributed by atoms with E-state index in [0.717, 1.165) is 36.2 Å². The molecule has 1 atom stereocenters. The fraction of sp³-hybridized carbons (Fsp3) is 0.414. The van der Waals surface area contributed by atoms with Crippen molar-refractivity contribution in [3.63, 3.8) is 0 Å². The number of ether oxygens (including phenoxy) is 1. The second-order valence-corrected chi connectivity index (χ2v) is 12.2. The van der Waals surface area contributed by atoms with Gasteiger partial charge in [-0.1, -0.05) is 12.0 Å². The molecule has 4 rings (SSSR count). The van der Waals surface area contributed by atoms with Crippen LogP contribution in [0.2, 0.25) is 0 Å². The third-order valence-electron chi connectivity index (χ3n) is 7.24. The third-order valence-corrected chi connectivity index (χ3v) is 8.15. The highest BCUT2D eigenvalue weighted by molar-refractivity contribution is 7.89. The van der Waals surface area contributed by atoms with Crippen molar-refractivity contribution in [3.05, 3.63) is 48.2 Å². The number of hydrogen-bond donors (Lipinski definition) is 5. The number of alkyl halides is 3. The lowest BCUT2D eigenvalue weighted by molar-refractivity contribution is -0.140. The Labute approximate surface area is 254 Å². The van der Waals surface area contributed by atoms with E-state index in [1.807, 2.05) is 13.0 Å². The van der Waals surface area contributed by atoms with Gasteiger partial charge in [0.15, 0.2) is 0 Å². The first-order chi connectivity index (χ1) is 20.7. The average Bonchev–Trinajstić information content (AvgIpc) is 3.27. The Balaban J connectivity index is 1.50. The standard InChI is InChI=1S/C29H36F3N7O4S/c1-19(36-28(33)40)17-38-13-10-20(11-14-38)37-24-6-3-7-26-23(24)15-21(39(26)18-29(30,31)32)5-4-12-35-25-9-8-22(44(34,41)42)16-27(25)43-2/h3,6-9,15-16,19-20,35,37H,10-14,17-18H2,1-2H3,(H3,33,36,40)(H2,34,41,42). The number of aromatic nitrogens is 1. The fourth-order valence-electron chi connectivity index (χ4n) is 5.29. The monoisotopic (exact) mass is 635 g/mol. The quantitative estimate of drug-likeness (QED) is 0.214. The summed E-state index contributed by atoms with van der Waals surface area (Å²) < 4.78 is 70.5. The molecule has 0 bridgehead atoms. The van der Waals surface area contributed by atoms with Gasteiger partial charge in [0.25, 0.3) is 0 Å². The summed E-state index contributed by atoms with van der Waals surface area (Å²) in [5, 5.41) is 15.0. The average molecular weight is 636 g/mol. The van der Waals surface area contributed by atoms with Crippen molar-refractivity contribution in [2.75, 3.05) is 43.9 Å². The zero-order valence-corrected chi connectivity index (χ0v) is 25.2. The first-order valence-electron chi connectivity index (χ1n) is 13.9. The number of urea groups is 1. The van der Waals surface area contributed by atoms with Gasteiger partial charge in [0.05, 0.1) is 35.4 Å². The van der Waals surface area contributed by atoms with Gasteiger partial charge >= 0.3 is 12.2 Å². The van der Waals surface area contributed by atoms with Crippen molar-refractivity contribution < 1.29 is 31.1 Å². The van der Waals surface area contributed by atoms with Crippen LogP contribution in [0, 0.1) is 11.8 Å². The van der Waals surface area contributed by atoms with Gasteiger partial charge in [-0.2, -0.15) is 13.2 Å². The summed E-state index contributed by atoms with van der Waals surface area (Å²) in [7, 11) is -2.55. The van der Waals surface area contributed by atoms with E-state index in [0.29, 0.717) is 23.1 Å². The van der Waals surface area contributed by atoms with Gasteiger partial charge < -0.3 is 35.9 Å². The molecule has 2 amide bonds. The maximum absolute atomic E-state index is 13.6. The lowest BCUT2D eigenvalue weighted by atomic mass is 10.0. The van der Waals surface area contributed by atoms with Crippen LogP contribution in [0.15, 0.2) is 47.4 Å². The van der Waals surface area contributed by atoms with Gasteiger partial charge in [-0.25, -0.2) is 18.4 Å². The van der Waals surface area contributed by atoms with Crippen molar-refractivity contribution >= 4 is 38.3 Å². The van der Waals surface area contributed by atoms with E-state index >= 15 is 0 Å². The number of nitrogens with one attached hydrogen (secondary N) is 3. The topological polar surface area (TPSA) is 157 Å². The van der Waals surface area contributed by atoms with Gasteiger partial charge in [-0.3, -0.25) is 0 Å². The third kappa shape index (κ3) is 8.71. The summed E-state index contributed by atoms with van der Waals surface area (Å²) in [6.07, 6.45) is -2.82. The largest absolute Gasteiger partial charge is 0.495 e. The molecule has 1 aliphatic heterocycles. The Morgan fingerprint density at radius 2 is 1.89 bits per heavy atom. The number of sulfonamides is 1. The molecule has 1 saturated heterocycles. The fourth-order valence-corrected chi connectivity index (χ4v) is 5.82. The molecule has 2 aromatic carbocycles. The van der Waals surface area contributed by atoms with E-state index in [4.69, 9.17) is 15.6 Å². The van der Waals surface area contributed by atoms with Crippen molar-refractivity contribution in [3.8, 4) is 17.6 Å². The van der Waals surface area contributed by atoms with Crippen LogP contribution in [0.3, 0.4) is 0 Å². The number of primary sulfonamides is 1. The predicted molar refractivity (Wildman–Crippen MR) is 163 cm³/mol. The van der Waals surface area contributed by atoms with E-state index in [1.54, 1.807) is 18.2 Å². The molecule has 0 spiro atoms. The Kier molecular flexibility index (Phi) is 10.2. The number of carbonyl (C=O) groups excluding carboxylic acids is 1. The highest BCUT2D eigenvalue weighted by Gasteiger charge is 2.30. The van der Waals surface area contributed by atoms with Gasteiger partial charge in [0.1, 0.15) is 12.3 Å². The Hall–Kier alpha value is -4.13. The van der Waals surface area contributed by atoms with Gasteiger partial charge in [0, 0.05) is 48.9 Å². The zero-order chi connectivity index (χ0) is 32.1. The van der Waals surface area contributed by atoms with Crippen LogP contribution < -0.4 is 31.6 Å². The minimum Gasteiger partial charge on any atom is -0.495 e. The number of benzene rings is 2. The molecule has 0 radical (unpaired) electrons. The normalized spacial score (nSPS) is 15.3. The van der Waals surface area contributed by atoms with Gasteiger partial charge in [-0.05, 0) is 56.0 Å². The molecule has 2 heterocycles. The molecule has 1 aromatic heterocycles. The molecule has 7 N–H and O–H groups in total. The Morgan fingerprint density at radius 1 is 1.16 bits per heavy atom. The van der Waals surface area contributed by atoms with Crippen LogP contribution in [0.5, 0.6) is 5.75 Å². The molecule has 0 saturated carbocycles. The number of hydrogen-bond acceptors (Lipinski definition) is 7. The molecule has 0 aliphatic carbocycles. The highest BCUT2D eigenvalue weighted by atomic mass is 32.2. The van der Waals surface area contributed by atoms with Gasteiger partial charge in [0.2, 0.25) is 10.0 Å². The first kappa shape index (κ1) is 32.8. The molecule has 3 aromatic rings. The number of rotatable bonds is 10. The summed E-state index contributed by atoms with van der Waals surface area (Å²) in [6.45, 7) is 3.02. The molecular weight excluding hydrogens is 599 g/mol. The summed E-state index contributed by atoms with van der Waals surface area (Å²) in [5.41, 5.74) is 6.99. The number of piperidine rings is 1. The van der Waals surface area contributed by atoms with Gasteiger partial charge in [-0.15, -0.1) is 0 Å². The lowest BCUT2D eigenvalue weighted by Gasteiger charge is -2.34. The number of fused-ring (bicyclic) bond motifs is 1. The molecule has 44 heavy (non-hydrogen) atoms. The number of amides is 2. The predicted octanol–water partition coefficient (Wildman–Crippen LogP) is 3.26. The molecule has 15 heteroatoms. The van der Waals surface area contributed by atoms with Crippen LogP contribution in [0.4, 0.5) is 29.3 Å². The van der Waals surface area contributed by atoms with Crippen LogP contribution in [0.25, 0.3) is 10.9 Å². The molecule has 1 fully saturated rings. The highest BCUT2D eigenvalue weighted by Crippen LogP contribution is 2.31. The van der Waals surface area contributed by atoms with Crippen LogP contribution in [0.1, 0.15) is 25.5 Å². The van der Waals surface area contributed by atoms with Crippen molar-refractivity contribution in [1.82, 2.24) is 14.8 Å². The van der Waals surface area contributed by atoms with Crippen molar-refractivity contribution in [2.45, 2.75) is 49.5 Å². The number of methoxy groups -OCH3 is 1. The maximum atomic E-state index is 13.6. The first-order valence-corrected chi connectivity index (χ1v) is 15.5. The number of halogens is 3. The van der Waals surface area contributed by atoms with E-state index in [1.165, 1.54) is 25.3 Å². The van der Waals surface area contributed by atoms with E-state index in [2.05, 4.69) is 32.7 Å². The number of nitrogens with zero attached hydrogens (tertiary/aromatic N) is 2. The van der Waals surface area contributed by atoms with Crippen LogP contribution in [-0.4, -0.2) is 75.5 Å². The van der Waals surface area contributed by atoms with E-state index in [9.17, 15) is 26.4 Å². The maximum Gasteiger partial charge on any atom is 0.406 e.